The second-order valence-electron chi connectivity index (χ2n) is 1.80. The molecule has 0 aliphatic rings. The zero-order chi connectivity index (χ0) is 9.11. The molecule has 0 saturated heterocycles. The molecule has 0 radical (unpaired) electrons. The van der Waals surface area contributed by atoms with Crippen molar-refractivity contribution < 1.29 is 14.0 Å². The van der Waals surface area contributed by atoms with Crippen LogP contribution in [0.5, 0.6) is 0 Å². The molecule has 0 spiro atoms. The van der Waals surface area contributed by atoms with Crippen LogP contribution in [0.15, 0.2) is 0 Å². The molecule has 70 valence electrons. The molecule has 0 aromatic carbocycles. The first kappa shape index (κ1) is 14.2. The Labute approximate surface area is 77.2 Å². The summed E-state index contributed by atoms with van der Waals surface area (Å²) in [4.78, 5) is 7.99. The third-order valence-electron chi connectivity index (χ3n) is 0.803. The van der Waals surface area contributed by atoms with Gasteiger partial charge in [0.05, 0.1) is 6.61 Å². The Morgan fingerprint density at radius 2 is 1.91 bits per heavy atom. The highest BCUT2D eigenvalue weighted by Crippen LogP contribution is 2.13. The number of alkyl halides is 1. The average molecular weight is 247 g/mol. The van der Waals surface area contributed by atoms with Crippen molar-refractivity contribution in [2.75, 3.05) is 11.9 Å². The zero-order valence-electron chi connectivity index (χ0n) is 6.97. The van der Waals surface area contributed by atoms with Crippen LogP contribution in [0.3, 0.4) is 0 Å². The van der Waals surface area contributed by atoms with Crippen molar-refractivity contribution in [3.05, 3.63) is 0 Å². The summed E-state index contributed by atoms with van der Waals surface area (Å²) in [6.45, 7) is 4.66. The largest absolute Gasteiger partial charge is 0.326 e. The van der Waals surface area contributed by atoms with E-state index in [1.807, 2.05) is 0 Å². The predicted molar refractivity (Wildman–Crippen MR) is 51.5 cm³/mol. The van der Waals surface area contributed by atoms with Gasteiger partial charge < -0.3 is 9.42 Å². The predicted octanol–water partition coefficient (Wildman–Crippen LogP) is 2.59. The van der Waals surface area contributed by atoms with Gasteiger partial charge in [0.15, 0.2) is 0 Å². The number of halogens is 1. The molecule has 0 fully saturated rings. The molecule has 0 aromatic rings. The zero-order valence-corrected chi connectivity index (χ0v) is 9.56. The molecule has 0 aliphatic heterocycles. The fourth-order valence-electron chi connectivity index (χ4n) is 0.126. The number of rotatable bonds is 4. The SMILES string of the molecule is CCCC.O=[PH](O)OCCBr. The molecule has 3 nitrogen and oxygen atoms in total. The van der Waals surface area contributed by atoms with E-state index in [2.05, 4.69) is 34.3 Å². The molecule has 0 bridgehead atoms. The Morgan fingerprint density at radius 3 is 2.00 bits per heavy atom. The number of hydrogen-bond acceptors (Lipinski definition) is 2. The number of hydrogen-bond donors (Lipinski definition) is 1. The van der Waals surface area contributed by atoms with Crippen LogP contribution in [0.25, 0.3) is 0 Å². The molecule has 0 saturated carbocycles. The van der Waals surface area contributed by atoms with Crippen LogP contribution in [0, 0.1) is 0 Å². The standard InChI is InChI=1S/C4H10.C2H6BrO3P/c1-3-4-2;3-1-2-6-7(4)5/h3-4H2,1-2H3;7H,1-2H2,(H,4,5). The topological polar surface area (TPSA) is 46.5 Å². The number of unbranched alkanes of at least 4 members (excludes halogenated alkanes) is 1. The van der Waals surface area contributed by atoms with Crippen molar-refractivity contribution in [1.82, 2.24) is 0 Å². The molecule has 0 aliphatic carbocycles. The monoisotopic (exact) mass is 246 g/mol. The van der Waals surface area contributed by atoms with Crippen molar-refractivity contribution >= 4 is 24.2 Å². The van der Waals surface area contributed by atoms with Crippen molar-refractivity contribution in [3.8, 4) is 0 Å². The summed E-state index contributed by atoms with van der Waals surface area (Å²) in [5.41, 5.74) is 0. The van der Waals surface area contributed by atoms with E-state index in [1.165, 1.54) is 12.8 Å². The molecule has 11 heavy (non-hydrogen) atoms. The smallest absolute Gasteiger partial charge is 0.316 e. The Kier molecular flexibility index (Phi) is 17.1. The van der Waals surface area contributed by atoms with Gasteiger partial charge in [-0.3, -0.25) is 4.57 Å². The van der Waals surface area contributed by atoms with E-state index in [-0.39, 0.29) is 0 Å². The maximum atomic E-state index is 9.70. The minimum Gasteiger partial charge on any atom is -0.326 e. The Morgan fingerprint density at radius 1 is 1.45 bits per heavy atom. The lowest BCUT2D eigenvalue weighted by Gasteiger charge is -1.90. The normalized spacial score (nSPS) is 11.6. The second-order valence-corrected chi connectivity index (χ2v) is 3.42. The molecular formula is C6H16BrO3P. The molecule has 1 unspecified atom stereocenters. The molecule has 0 rings (SSSR count). The van der Waals surface area contributed by atoms with Gasteiger partial charge in [-0.05, 0) is 0 Å². The third-order valence-corrected chi connectivity index (χ3v) is 1.58. The van der Waals surface area contributed by atoms with Crippen molar-refractivity contribution in [1.29, 1.82) is 0 Å². The maximum absolute atomic E-state index is 9.70. The third kappa shape index (κ3) is 25.0. The lowest BCUT2D eigenvalue weighted by molar-refractivity contribution is 0.301. The van der Waals surface area contributed by atoms with E-state index in [4.69, 9.17) is 4.89 Å². The van der Waals surface area contributed by atoms with Crippen molar-refractivity contribution in [2.24, 2.45) is 0 Å². The van der Waals surface area contributed by atoms with Gasteiger partial charge in [-0.1, -0.05) is 42.6 Å². The first-order valence-corrected chi connectivity index (χ1v) is 5.99. The fourth-order valence-corrected chi connectivity index (χ4v) is 0.863. The molecular weight excluding hydrogens is 231 g/mol. The summed E-state index contributed by atoms with van der Waals surface area (Å²) >= 11 is 3.02. The van der Waals surface area contributed by atoms with E-state index < -0.39 is 8.25 Å². The Bertz CT molecular complexity index is 87.9. The summed E-state index contributed by atoms with van der Waals surface area (Å²) in [7, 11) is -2.68. The Balaban J connectivity index is 0. The van der Waals surface area contributed by atoms with E-state index in [0.29, 0.717) is 11.9 Å². The minimum atomic E-state index is -2.68. The van der Waals surface area contributed by atoms with Gasteiger partial charge in [0.25, 0.3) is 0 Å². The van der Waals surface area contributed by atoms with Crippen molar-refractivity contribution in [3.63, 3.8) is 0 Å². The molecule has 1 N–H and O–H groups in total. The van der Waals surface area contributed by atoms with Gasteiger partial charge in [-0.25, -0.2) is 0 Å². The van der Waals surface area contributed by atoms with E-state index >= 15 is 0 Å². The summed E-state index contributed by atoms with van der Waals surface area (Å²) in [5.74, 6) is 0. The summed E-state index contributed by atoms with van der Waals surface area (Å²) in [6, 6.07) is 0. The molecule has 5 heteroatoms. The maximum Gasteiger partial charge on any atom is 0.316 e. The summed E-state index contributed by atoms with van der Waals surface area (Å²) in [5, 5.41) is 0.601. The molecule has 1 atom stereocenters. The molecule has 0 aromatic heterocycles. The van der Waals surface area contributed by atoms with Crippen LogP contribution in [0.2, 0.25) is 0 Å². The van der Waals surface area contributed by atoms with Gasteiger partial charge >= 0.3 is 8.25 Å². The van der Waals surface area contributed by atoms with Gasteiger partial charge in [-0.2, -0.15) is 0 Å². The highest BCUT2D eigenvalue weighted by atomic mass is 79.9. The molecule has 0 heterocycles. The van der Waals surface area contributed by atoms with Crippen LogP contribution in [-0.4, -0.2) is 16.8 Å². The lowest BCUT2D eigenvalue weighted by atomic mass is 10.4. The second kappa shape index (κ2) is 13.2. The van der Waals surface area contributed by atoms with Crippen LogP contribution in [0.4, 0.5) is 0 Å². The Hall–Kier alpha value is 0.630. The average Bonchev–Trinajstić information content (AvgIpc) is 2.01. The lowest BCUT2D eigenvalue weighted by Crippen LogP contribution is -1.83. The van der Waals surface area contributed by atoms with Crippen molar-refractivity contribution in [2.45, 2.75) is 26.7 Å². The van der Waals surface area contributed by atoms with Gasteiger partial charge in [-0.15, -0.1) is 0 Å². The van der Waals surface area contributed by atoms with Gasteiger partial charge in [0.2, 0.25) is 0 Å². The van der Waals surface area contributed by atoms with Crippen LogP contribution >= 0.6 is 24.2 Å². The van der Waals surface area contributed by atoms with Gasteiger partial charge in [0, 0.05) is 5.33 Å². The summed E-state index contributed by atoms with van der Waals surface area (Å²) in [6.07, 6.45) is 2.64. The van der Waals surface area contributed by atoms with Crippen LogP contribution < -0.4 is 0 Å². The van der Waals surface area contributed by atoms with E-state index in [0.717, 1.165) is 0 Å². The van der Waals surface area contributed by atoms with E-state index in [1.54, 1.807) is 0 Å². The highest BCUT2D eigenvalue weighted by Gasteiger charge is 1.86. The van der Waals surface area contributed by atoms with Gasteiger partial charge in [0.1, 0.15) is 0 Å². The van der Waals surface area contributed by atoms with E-state index in [9.17, 15) is 4.57 Å². The molecule has 0 amide bonds. The minimum absolute atomic E-state index is 0.300. The fraction of sp³-hybridized carbons (Fsp3) is 1.00. The first-order chi connectivity index (χ1) is 5.18. The quantitative estimate of drug-likeness (QED) is 0.613. The van der Waals surface area contributed by atoms with Crippen LogP contribution in [0.1, 0.15) is 26.7 Å². The van der Waals surface area contributed by atoms with Crippen LogP contribution in [-0.2, 0) is 9.09 Å². The summed E-state index contributed by atoms with van der Waals surface area (Å²) < 4.78 is 13.9. The first-order valence-electron chi connectivity index (χ1n) is 3.60. The highest BCUT2D eigenvalue weighted by molar-refractivity contribution is 9.09.